The number of rotatable bonds is 2. The molecule has 1 aromatic heterocycles. The lowest BCUT2D eigenvalue weighted by molar-refractivity contribution is 0.450. The van der Waals surface area contributed by atoms with E-state index < -0.39 is 5.82 Å². The van der Waals surface area contributed by atoms with Crippen LogP contribution in [0.25, 0.3) is 0 Å². The summed E-state index contributed by atoms with van der Waals surface area (Å²) in [6, 6.07) is 5.91. The molecule has 0 amide bonds. The van der Waals surface area contributed by atoms with Crippen molar-refractivity contribution < 1.29 is 9.13 Å². The van der Waals surface area contributed by atoms with Crippen LogP contribution in [0.4, 0.5) is 4.39 Å². The zero-order valence-corrected chi connectivity index (χ0v) is 11.0. The van der Waals surface area contributed by atoms with Crippen LogP contribution < -0.4 is 4.74 Å². The van der Waals surface area contributed by atoms with Crippen LogP contribution in [0.15, 0.2) is 18.2 Å². The highest BCUT2D eigenvalue weighted by Gasteiger charge is 2.13. The van der Waals surface area contributed by atoms with E-state index >= 15 is 0 Å². The fraction of sp³-hybridized carbons (Fsp3) is 0.154. The number of nitrogens with zero attached hydrogens (tertiary/aromatic N) is 3. The molecule has 1 heterocycles. The molecule has 0 saturated heterocycles. The van der Waals surface area contributed by atoms with E-state index in [2.05, 4.69) is 10.2 Å². The fourth-order valence-corrected chi connectivity index (χ4v) is 1.61. The van der Waals surface area contributed by atoms with E-state index in [0.717, 1.165) is 0 Å². The smallest absolute Gasteiger partial charge is 0.257 e. The zero-order valence-electron chi connectivity index (χ0n) is 10.2. The van der Waals surface area contributed by atoms with Gasteiger partial charge < -0.3 is 4.74 Å². The zero-order chi connectivity index (χ0) is 14.0. The Kier molecular flexibility index (Phi) is 3.63. The minimum atomic E-state index is -0.541. The predicted octanol–water partition coefficient (Wildman–Crippen LogP) is 3.55. The van der Waals surface area contributed by atoms with Gasteiger partial charge in [-0.1, -0.05) is 11.6 Å². The van der Waals surface area contributed by atoms with Gasteiger partial charge in [0.15, 0.2) is 0 Å². The number of ether oxygens (including phenoxy) is 1. The van der Waals surface area contributed by atoms with Gasteiger partial charge in [-0.05, 0) is 31.5 Å². The molecule has 4 nitrogen and oxygen atoms in total. The Morgan fingerprint density at radius 2 is 2.05 bits per heavy atom. The van der Waals surface area contributed by atoms with E-state index in [-0.39, 0.29) is 10.9 Å². The van der Waals surface area contributed by atoms with Gasteiger partial charge in [0.2, 0.25) is 0 Å². The van der Waals surface area contributed by atoms with E-state index in [1.54, 1.807) is 13.8 Å². The number of aromatic nitrogens is 2. The van der Waals surface area contributed by atoms with Gasteiger partial charge in [-0.2, -0.15) is 10.4 Å². The SMILES string of the molecule is Cc1nnc(Oc2ccc(F)c(Cl)c2)c(C#N)c1C. The lowest BCUT2D eigenvalue weighted by Gasteiger charge is -2.08. The van der Waals surface area contributed by atoms with E-state index in [1.165, 1.54) is 18.2 Å². The van der Waals surface area contributed by atoms with Crippen molar-refractivity contribution in [1.29, 1.82) is 5.26 Å². The number of nitriles is 1. The Balaban J connectivity index is 2.41. The first-order chi connectivity index (χ1) is 9.02. The van der Waals surface area contributed by atoms with Crippen molar-refractivity contribution in [1.82, 2.24) is 10.2 Å². The maximum Gasteiger partial charge on any atom is 0.257 e. The van der Waals surface area contributed by atoms with Crippen molar-refractivity contribution in [3.8, 4) is 17.7 Å². The minimum absolute atomic E-state index is 0.0622. The van der Waals surface area contributed by atoms with Crippen molar-refractivity contribution in [2.45, 2.75) is 13.8 Å². The Hall–Kier alpha value is -2.19. The highest BCUT2D eigenvalue weighted by atomic mass is 35.5. The first-order valence-electron chi connectivity index (χ1n) is 5.40. The normalized spacial score (nSPS) is 10.1. The molecule has 0 atom stereocenters. The highest BCUT2D eigenvalue weighted by Crippen LogP contribution is 2.28. The van der Waals surface area contributed by atoms with Gasteiger partial charge in [0.25, 0.3) is 5.88 Å². The number of halogens is 2. The van der Waals surface area contributed by atoms with Crippen LogP contribution in [0.5, 0.6) is 11.6 Å². The average Bonchev–Trinajstić information content (AvgIpc) is 2.39. The standard InChI is InChI=1S/C13H9ClFN3O/c1-7-8(2)17-18-13(10(7)6-16)19-9-3-4-12(15)11(14)5-9/h3-5H,1-2H3. The van der Waals surface area contributed by atoms with Gasteiger partial charge in [0, 0.05) is 6.07 Å². The molecule has 0 aliphatic rings. The van der Waals surface area contributed by atoms with Gasteiger partial charge in [0.1, 0.15) is 23.2 Å². The molecule has 2 aromatic rings. The van der Waals surface area contributed by atoms with E-state index in [4.69, 9.17) is 21.6 Å². The highest BCUT2D eigenvalue weighted by molar-refractivity contribution is 6.30. The second-order valence-corrected chi connectivity index (χ2v) is 4.29. The summed E-state index contributed by atoms with van der Waals surface area (Å²) < 4.78 is 18.5. The van der Waals surface area contributed by atoms with Crippen molar-refractivity contribution in [2.75, 3.05) is 0 Å². The largest absolute Gasteiger partial charge is 0.436 e. The Labute approximate surface area is 114 Å². The molecule has 0 bridgehead atoms. The molecular weight excluding hydrogens is 269 g/mol. The third-order valence-corrected chi connectivity index (χ3v) is 2.93. The molecular formula is C13H9ClFN3O. The summed E-state index contributed by atoms with van der Waals surface area (Å²) >= 11 is 5.65. The Bertz CT molecular complexity index is 682. The molecule has 19 heavy (non-hydrogen) atoms. The lowest BCUT2D eigenvalue weighted by atomic mass is 10.1. The Morgan fingerprint density at radius 1 is 1.32 bits per heavy atom. The summed E-state index contributed by atoms with van der Waals surface area (Å²) in [5.41, 5.74) is 1.65. The summed E-state index contributed by atoms with van der Waals surface area (Å²) in [4.78, 5) is 0. The van der Waals surface area contributed by atoms with Crippen molar-refractivity contribution >= 4 is 11.6 Å². The van der Waals surface area contributed by atoms with Gasteiger partial charge in [0.05, 0.1) is 10.7 Å². The first kappa shape index (κ1) is 13.2. The molecule has 0 aliphatic heterocycles. The maximum absolute atomic E-state index is 13.0. The second kappa shape index (κ2) is 5.21. The number of aryl methyl sites for hydroxylation is 1. The van der Waals surface area contributed by atoms with Crippen molar-refractivity contribution in [3.05, 3.63) is 45.9 Å². The molecule has 1 aromatic carbocycles. The second-order valence-electron chi connectivity index (χ2n) is 3.88. The summed E-state index contributed by atoms with van der Waals surface area (Å²) in [6.45, 7) is 3.51. The average molecular weight is 278 g/mol. The van der Waals surface area contributed by atoms with Gasteiger partial charge in [-0.3, -0.25) is 0 Å². The van der Waals surface area contributed by atoms with E-state index in [9.17, 15) is 4.39 Å². The van der Waals surface area contributed by atoms with Crippen LogP contribution in [0.3, 0.4) is 0 Å². The quantitative estimate of drug-likeness (QED) is 0.842. The summed E-state index contributed by atoms with van der Waals surface area (Å²) in [5.74, 6) is -0.172. The van der Waals surface area contributed by atoms with Gasteiger partial charge in [-0.15, -0.1) is 5.10 Å². The number of benzene rings is 1. The molecule has 0 aliphatic carbocycles. The predicted molar refractivity (Wildman–Crippen MR) is 67.7 cm³/mol. The number of hydrogen-bond acceptors (Lipinski definition) is 4. The van der Waals surface area contributed by atoms with Gasteiger partial charge >= 0.3 is 0 Å². The molecule has 96 valence electrons. The molecule has 0 spiro atoms. The monoisotopic (exact) mass is 277 g/mol. The Morgan fingerprint density at radius 3 is 2.68 bits per heavy atom. The molecule has 6 heteroatoms. The summed E-state index contributed by atoms with van der Waals surface area (Å²) in [5, 5.41) is 16.8. The summed E-state index contributed by atoms with van der Waals surface area (Å²) in [7, 11) is 0. The molecule has 0 N–H and O–H groups in total. The summed E-state index contributed by atoms with van der Waals surface area (Å²) in [6.07, 6.45) is 0. The third kappa shape index (κ3) is 2.64. The van der Waals surface area contributed by atoms with Gasteiger partial charge in [-0.25, -0.2) is 4.39 Å². The molecule has 0 radical (unpaired) electrons. The van der Waals surface area contributed by atoms with Crippen LogP contribution in [0.2, 0.25) is 5.02 Å². The molecule has 0 fully saturated rings. The van der Waals surface area contributed by atoms with E-state index in [0.29, 0.717) is 22.6 Å². The van der Waals surface area contributed by atoms with Crippen LogP contribution in [-0.2, 0) is 0 Å². The third-order valence-electron chi connectivity index (χ3n) is 2.64. The van der Waals surface area contributed by atoms with Crippen LogP contribution >= 0.6 is 11.6 Å². The molecule has 0 saturated carbocycles. The molecule has 0 unspecified atom stereocenters. The minimum Gasteiger partial charge on any atom is -0.436 e. The lowest BCUT2D eigenvalue weighted by Crippen LogP contribution is -2.00. The maximum atomic E-state index is 13.0. The topological polar surface area (TPSA) is 58.8 Å². The van der Waals surface area contributed by atoms with Crippen molar-refractivity contribution in [3.63, 3.8) is 0 Å². The van der Waals surface area contributed by atoms with Crippen molar-refractivity contribution in [2.24, 2.45) is 0 Å². The van der Waals surface area contributed by atoms with Crippen LogP contribution in [0, 0.1) is 31.0 Å². The van der Waals surface area contributed by atoms with Crippen LogP contribution in [-0.4, -0.2) is 10.2 Å². The fourth-order valence-electron chi connectivity index (χ4n) is 1.44. The number of hydrogen-bond donors (Lipinski definition) is 0. The molecule has 2 rings (SSSR count). The van der Waals surface area contributed by atoms with Crippen LogP contribution in [0.1, 0.15) is 16.8 Å². The van der Waals surface area contributed by atoms with E-state index in [1.807, 2.05) is 6.07 Å². The first-order valence-corrected chi connectivity index (χ1v) is 5.77.